The van der Waals surface area contributed by atoms with Crippen molar-refractivity contribution in [1.29, 1.82) is 0 Å². The Kier molecular flexibility index (Phi) is 4.55. The Balaban J connectivity index is 1.33. The van der Waals surface area contributed by atoms with Crippen LogP contribution in [0.15, 0.2) is 58.2 Å². The zero-order chi connectivity index (χ0) is 20.7. The van der Waals surface area contributed by atoms with Gasteiger partial charge in [-0.05, 0) is 24.3 Å². The van der Waals surface area contributed by atoms with Gasteiger partial charge in [0.2, 0.25) is 0 Å². The van der Waals surface area contributed by atoms with Gasteiger partial charge in [0.1, 0.15) is 17.2 Å². The molecule has 9 heteroatoms. The largest absolute Gasteiger partial charge is 0.359 e. The number of hydrogen-bond donors (Lipinski definition) is 1. The first kappa shape index (κ1) is 18.5. The van der Waals surface area contributed by atoms with Crippen LogP contribution in [-0.4, -0.2) is 26.3 Å². The lowest BCUT2D eigenvalue weighted by Crippen LogP contribution is -2.21. The predicted molar refractivity (Wildman–Crippen MR) is 108 cm³/mol. The van der Waals surface area contributed by atoms with Crippen molar-refractivity contribution in [3.05, 3.63) is 82.3 Å². The van der Waals surface area contributed by atoms with E-state index in [0.29, 0.717) is 35.3 Å². The highest BCUT2D eigenvalue weighted by Gasteiger charge is 2.21. The van der Waals surface area contributed by atoms with E-state index in [4.69, 9.17) is 16.1 Å². The van der Waals surface area contributed by atoms with Crippen molar-refractivity contribution in [3.8, 4) is 22.6 Å². The molecule has 0 unspecified atom stereocenters. The van der Waals surface area contributed by atoms with E-state index < -0.39 is 11.6 Å². The summed E-state index contributed by atoms with van der Waals surface area (Å²) in [5.41, 5.74) is 3.01. The van der Waals surface area contributed by atoms with Gasteiger partial charge in [0.05, 0.1) is 30.6 Å². The summed E-state index contributed by atoms with van der Waals surface area (Å²) in [6.07, 6.45) is 1.58. The molecule has 0 amide bonds. The molecule has 6 nitrogen and oxygen atoms in total. The summed E-state index contributed by atoms with van der Waals surface area (Å²) in [6.45, 7) is 0.798. The molecule has 1 aliphatic rings. The molecule has 3 heterocycles. The van der Waals surface area contributed by atoms with Crippen molar-refractivity contribution in [2.24, 2.45) is 5.10 Å². The molecule has 30 heavy (non-hydrogen) atoms. The first-order valence-corrected chi connectivity index (χ1v) is 9.48. The van der Waals surface area contributed by atoms with Crippen molar-refractivity contribution in [2.75, 3.05) is 0 Å². The fourth-order valence-corrected chi connectivity index (χ4v) is 3.37. The summed E-state index contributed by atoms with van der Waals surface area (Å²) in [4.78, 5) is 7.39. The molecule has 0 fully saturated rings. The van der Waals surface area contributed by atoms with Crippen LogP contribution in [0, 0.1) is 11.6 Å². The molecule has 150 valence electrons. The zero-order valence-electron chi connectivity index (χ0n) is 15.4. The fourth-order valence-electron chi connectivity index (χ4n) is 3.24. The number of halogens is 3. The number of hydrazone groups is 1. The summed E-state index contributed by atoms with van der Waals surface area (Å²) in [7, 11) is 0. The van der Waals surface area contributed by atoms with Gasteiger partial charge in [-0.15, -0.1) is 0 Å². The lowest BCUT2D eigenvalue weighted by Gasteiger charge is -2.19. The molecule has 0 radical (unpaired) electrons. The third-order valence-corrected chi connectivity index (χ3v) is 4.99. The Morgan fingerprint density at radius 1 is 1.13 bits per heavy atom. The summed E-state index contributed by atoms with van der Waals surface area (Å²) < 4.78 is 33.0. The van der Waals surface area contributed by atoms with Crippen LogP contribution in [0.3, 0.4) is 0 Å². The maximum Gasteiger partial charge on any atom is 0.169 e. The topological polar surface area (TPSA) is 70.3 Å². The minimum atomic E-state index is -0.936. The number of imidazole rings is 1. The predicted octanol–water partition coefficient (Wildman–Crippen LogP) is 5.01. The smallest absolute Gasteiger partial charge is 0.169 e. The second-order valence-corrected chi connectivity index (χ2v) is 7.24. The quantitative estimate of drug-likeness (QED) is 0.498. The molecule has 0 saturated heterocycles. The number of aromatic nitrogens is 3. The van der Waals surface area contributed by atoms with Crippen LogP contribution >= 0.6 is 11.6 Å². The number of H-pyrrole nitrogens is 1. The zero-order valence-corrected chi connectivity index (χ0v) is 16.2. The highest BCUT2D eigenvalue weighted by Crippen LogP contribution is 2.26. The minimum Gasteiger partial charge on any atom is -0.359 e. The number of rotatable bonds is 4. The van der Waals surface area contributed by atoms with Gasteiger partial charge < -0.3 is 9.51 Å². The molecule has 2 aromatic heterocycles. The van der Waals surface area contributed by atoms with Gasteiger partial charge in [-0.25, -0.2) is 13.8 Å². The lowest BCUT2D eigenvalue weighted by molar-refractivity contribution is 0.229. The highest BCUT2D eigenvalue weighted by atomic mass is 35.5. The number of nitrogens with one attached hydrogen (secondary N) is 1. The number of fused-ring (bicyclic) bond motifs is 1. The van der Waals surface area contributed by atoms with E-state index in [-0.39, 0.29) is 11.4 Å². The second-order valence-electron chi connectivity index (χ2n) is 6.80. The normalized spacial score (nSPS) is 13.0. The van der Waals surface area contributed by atoms with Gasteiger partial charge in [-0.1, -0.05) is 35.0 Å². The number of hydrogen-bond acceptors (Lipinski definition) is 5. The van der Waals surface area contributed by atoms with Gasteiger partial charge >= 0.3 is 0 Å². The van der Waals surface area contributed by atoms with Gasteiger partial charge in [-0.2, -0.15) is 5.10 Å². The standard InChI is InChI=1S/C21H14ClF2N5O/c22-13-6-4-12(5-7-13)17-8-14(30-28-17)10-29-11-19-18(9-25-29)26-21(27-19)15-2-1-3-16(23)20(15)24/h1-9H,10-11H2,(H,26,27). The van der Waals surface area contributed by atoms with Crippen LogP contribution in [0.1, 0.15) is 17.1 Å². The number of aromatic amines is 1. The van der Waals surface area contributed by atoms with Crippen LogP contribution in [0.4, 0.5) is 8.78 Å². The van der Waals surface area contributed by atoms with E-state index >= 15 is 0 Å². The van der Waals surface area contributed by atoms with Crippen LogP contribution in [0.25, 0.3) is 22.6 Å². The van der Waals surface area contributed by atoms with E-state index in [2.05, 4.69) is 20.2 Å². The molecular weight excluding hydrogens is 412 g/mol. The summed E-state index contributed by atoms with van der Waals surface area (Å²) in [6, 6.07) is 13.1. The van der Waals surface area contributed by atoms with Gasteiger partial charge in [-0.3, -0.25) is 5.01 Å². The molecule has 4 aromatic rings. The monoisotopic (exact) mass is 425 g/mol. The molecule has 0 saturated carbocycles. The molecule has 0 spiro atoms. The third-order valence-electron chi connectivity index (χ3n) is 4.74. The average Bonchev–Trinajstić information content (AvgIpc) is 3.37. The van der Waals surface area contributed by atoms with E-state index in [1.165, 1.54) is 12.1 Å². The highest BCUT2D eigenvalue weighted by molar-refractivity contribution is 6.30. The summed E-state index contributed by atoms with van der Waals surface area (Å²) in [5, 5.41) is 10.9. The average molecular weight is 426 g/mol. The minimum absolute atomic E-state index is 0.0761. The van der Waals surface area contributed by atoms with Crippen molar-refractivity contribution < 1.29 is 13.3 Å². The molecule has 1 N–H and O–H groups in total. The van der Waals surface area contributed by atoms with E-state index in [1.54, 1.807) is 23.4 Å². The van der Waals surface area contributed by atoms with Crippen molar-refractivity contribution in [2.45, 2.75) is 13.1 Å². The molecule has 1 aliphatic heterocycles. The van der Waals surface area contributed by atoms with Crippen LogP contribution in [0.2, 0.25) is 5.02 Å². The molecule has 2 aromatic carbocycles. The third kappa shape index (κ3) is 3.46. The van der Waals surface area contributed by atoms with E-state index in [1.807, 2.05) is 18.2 Å². The number of nitrogens with zero attached hydrogens (tertiary/aromatic N) is 4. The number of benzene rings is 2. The van der Waals surface area contributed by atoms with Crippen LogP contribution in [0.5, 0.6) is 0 Å². The summed E-state index contributed by atoms with van der Waals surface area (Å²) >= 11 is 5.92. The Morgan fingerprint density at radius 3 is 2.80 bits per heavy atom. The Bertz CT molecular complexity index is 1250. The Morgan fingerprint density at radius 2 is 1.97 bits per heavy atom. The lowest BCUT2D eigenvalue weighted by atomic mass is 10.1. The molecule has 0 aliphatic carbocycles. The van der Waals surface area contributed by atoms with E-state index in [9.17, 15) is 8.78 Å². The molecule has 5 rings (SSSR count). The molecule has 0 atom stereocenters. The maximum atomic E-state index is 14.1. The van der Waals surface area contributed by atoms with Gasteiger partial charge in [0.15, 0.2) is 17.4 Å². The van der Waals surface area contributed by atoms with Crippen LogP contribution < -0.4 is 0 Å². The summed E-state index contributed by atoms with van der Waals surface area (Å²) in [5.74, 6) is -0.959. The van der Waals surface area contributed by atoms with Crippen molar-refractivity contribution in [1.82, 2.24) is 20.1 Å². The molecule has 0 bridgehead atoms. The SMILES string of the molecule is Fc1cccc(-c2nc3c([nH]2)CN(Cc2cc(-c4ccc(Cl)cc4)no2)N=C3)c1F. The van der Waals surface area contributed by atoms with Crippen molar-refractivity contribution in [3.63, 3.8) is 0 Å². The van der Waals surface area contributed by atoms with Gasteiger partial charge in [0, 0.05) is 16.7 Å². The Hall–Kier alpha value is -3.52. The van der Waals surface area contributed by atoms with Crippen molar-refractivity contribution >= 4 is 17.8 Å². The maximum absolute atomic E-state index is 14.1. The van der Waals surface area contributed by atoms with Crippen LogP contribution in [-0.2, 0) is 13.1 Å². The molecular formula is C21H14ClF2N5O. The Labute approximate surface area is 174 Å². The fraction of sp³-hybridized carbons (Fsp3) is 0.0952. The second kappa shape index (κ2) is 7.38. The first-order valence-electron chi connectivity index (χ1n) is 9.10. The first-order chi connectivity index (χ1) is 14.6. The van der Waals surface area contributed by atoms with Gasteiger partial charge in [0.25, 0.3) is 0 Å². The van der Waals surface area contributed by atoms with E-state index in [0.717, 1.165) is 17.3 Å².